The number of hydrogen-bond donors (Lipinski definition) is 2. The average Bonchev–Trinajstić information content (AvgIpc) is 3.08. The van der Waals surface area contributed by atoms with Gasteiger partial charge < -0.3 is 20.0 Å². The summed E-state index contributed by atoms with van der Waals surface area (Å²) in [7, 11) is 0. The van der Waals surface area contributed by atoms with Crippen LogP contribution in [0, 0.1) is 12.8 Å². The molecular weight excluding hydrogens is 290 g/mol. The zero-order valence-electron chi connectivity index (χ0n) is 14.1. The van der Waals surface area contributed by atoms with Gasteiger partial charge in [-0.3, -0.25) is 0 Å². The van der Waals surface area contributed by atoms with E-state index in [9.17, 15) is 4.79 Å². The Labute approximate surface area is 137 Å². The van der Waals surface area contributed by atoms with Crippen molar-refractivity contribution in [1.29, 1.82) is 0 Å². The van der Waals surface area contributed by atoms with Crippen molar-refractivity contribution in [2.45, 2.75) is 26.8 Å². The Morgan fingerprint density at radius 1 is 1.35 bits per heavy atom. The molecule has 1 unspecified atom stereocenters. The van der Waals surface area contributed by atoms with Gasteiger partial charge in [0, 0.05) is 31.6 Å². The maximum Gasteiger partial charge on any atom is 0.317 e. The van der Waals surface area contributed by atoms with Crippen molar-refractivity contribution >= 4 is 17.0 Å². The number of hydrogen-bond acceptors (Lipinski definition) is 3. The molecule has 0 spiro atoms. The van der Waals surface area contributed by atoms with Crippen LogP contribution in [0.1, 0.15) is 31.2 Å². The lowest BCUT2D eigenvalue weighted by molar-refractivity contribution is 0.215. The van der Waals surface area contributed by atoms with Gasteiger partial charge >= 0.3 is 6.03 Å². The second-order valence-electron chi connectivity index (χ2n) is 6.48. The maximum atomic E-state index is 11.6. The Hall–Kier alpha value is -2.01. The Morgan fingerprint density at radius 2 is 2.13 bits per heavy atom. The number of para-hydroxylation sites is 1. The van der Waals surface area contributed by atoms with Crippen LogP contribution in [-0.2, 0) is 0 Å². The molecular formula is C18H25N3O2. The summed E-state index contributed by atoms with van der Waals surface area (Å²) in [5, 5.41) is 7.57. The highest BCUT2D eigenvalue weighted by Gasteiger charge is 2.24. The molecule has 2 amide bonds. The second kappa shape index (κ2) is 6.62. The first-order valence-electron chi connectivity index (χ1n) is 8.32. The van der Waals surface area contributed by atoms with Crippen LogP contribution < -0.4 is 10.6 Å². The molecule has 1 aliphatic heterocycles. The molecule has 1 aromatic carbocycles. The van der Waals surface area contributed by atoms with Gasteiger partial charge in [0.05, 0.1) is 6.04 Å². The molecule has 124 valence electrons. The zero-order chi connectivity index (χ0) is 16.4. The number of rotatable bonds is 6. The van der Waals surface area contributed by atoms with Gasteiger partial charge in [0.2, 0.25) is 0 Å². The molecule has 1 atom stereocenters. The lowest BCUT2D eigenvalue weighted by Crippen LogP contribution is -2.37. The number of fused-ring (bicyclic) bond motifs is 1. The summed E-state index contributed by atoms with van der Waals surface area (Å²) in [6.07, 6.45) is 0. The molecule has 0 radical (unpaired) electrons. The summed E-state index contributed by atoms with van der Waals surface area (Å²) in [4.78, 5) is 13.4. The normalized spacial score (nSPS) is 16.3. The van der Waals surface area contributed by atoms with Crippen LogP contribution >= 0.6 is 0 Å². The fraction of sp³-hybridized carbons (Fsp3) is 0.500. The first-order valence-corrected chi connectivity index (χ1v) is 8.32. The summed E-state index contributed by atoms with van der Waals surface area (Å²) in [6, 6.07) is 8.33. The molecule has 23 heavy (non-hydrogen) atoms. The molecule has 2 N–H and O–H groups in total. The number of urea groups is 1. The number of carbonyl (C=O) groups excluding carboxylic acids is 1. The average molecular weight is 315 g/mol. The van der Waals surface area contributed by atoms with Gasteiger partial charge in [0.15, 0.2) is 0 Å². The highest BCUT2D eigenvalue weighted by Crippen LogP contribution is 2.32. The molecule has 2 heterocycles. The van der Waals surface area contributed by atoms with Crippen LogP contribution in [0.3, 0.4) is 0 Å². The van der Waals surface area contributed by atoms with Crippen LogP contribution in [0.5, 0.6) is 0 Å². The van der Waals surface area contributed by atoms with E-state index in [4.69, 9.17) is 4.42 Å². The van der Waals surface area contributed by atoms with Gasteiger partial charge in [-0.1, -0.05) is 32.0 Å². The summed E-state index contributed by atoms with van der Waals surface area (Å²) in [6.45, 7) is 9.50. The minimum absolute atomic E-state index is 0.0350. The fourth-order valence-electron chi connectivity index (χ4n) is 3.20. The number of furan rings is 1. The van der Waals surface area contributed by atoms with Crippen molar-refractivity contribution in [3.05, 3.63) is 35.6 Å². The van der Waals surface area contributed by atoms with Crippen LogP contribution in [0.2, 0.25) is 0 Å². The van der Waals surface area contributed by atoms with Crippen molar-refractivity contribution in [1.82, 2.24) is 15.5 Å². The van der Waals surface area contributed by atoms with Crippen molar-refractivity contribution in [2.24, 2.45) is 5.92 Å². The van der Waals surface area contributed by atoms with E-state index in [1.165, 1.54) is 10.9 Å². The third kappa shape index (κ3) is 3.20. The third-order valence-electron chi connectivity index (χ3n) is 4.52. The number of amides is 2. The van der Waals surface area contributed by atoms with Gasteiger partial charge in [-0.15, -0.1) is 0 Å². The molecule has 0 saturated carbocycles. The first kappa shape index (κ1) is 15.9. The minimum atomic E-state index is 0.0350. The Kier molecular flexibility index (Phi) is 4.57. The van der Waals surface area contributed by atoms with E-state index in [0.29, 0.717) is 12.5 Å². The minimum Gasteiger partial charge on any atom is -0.459 e. The van der Waals surface area contributed by atoms with Gasteiger partial charge in [-0.25, -0.2) is 4.79 Å². The number of nitrogens with zero attached hydrogens (tertiary/aromatic N) is 1. The summed E-state index contributed by atoms with van der Waals surface area (Å²) >= 11 is 0. The quantitative estimate of drug-likeness (QED) is 0.861. The van der Waals surface area contributed by atoms with E-state index >= 15 is 0 Å². The summed E-state index contributed by atoms with van der Waals surface area (Å²) in [5.41, 5.74) is 2.14. The molecule has 1 fully saturated rings. The predicted octanol–water partition coefficient (Wildman–Crippen LogP) is 3.05. The molecule has 5 nitrogen and oxygen atoms in total. The molecule has 1 aromatic heterocycles. The standard InChI is InChI=1S/C18H25N3O2/c1-12(2)16(19-8-10-21-11-9-20-18(21)22)17-13(3)14-6-4-5-7-15(14)23-17/h4-7,12,16,19H,8-11H2,1-3H3,(H,20,22). The molecule has 5 heteroatoms. The Morgan fingerprint density at radius 3 is 2.78 bits per heavy atom. The highest BCUT2D eigenvalue weighted by atomic mass is 16.3. The van der Waals surface area contributed by atoms with E-state index in [-0.39, 0.29) is 12.1 Å². The zero-order valence-corrected chi connectivity index (χ0v) is 14.1. The van der Waals surface area contributed by atoms with Gasteiger partial charge in [0.1, 0.15) is 11.3 Å². The highest BCUT2D eigenvalue weighted by molar-refractivity contribution is 5.82. The van der Waals surface area contributed by atoms with Crippen molar-refractivity contribution in [3.63, 3.8) is 0 Å². The summed E-state index contributed by atoms with van der Waals surface area (Å²) < 4.78 is 6.11. The van der Waals surface area contributed by atoms with Crippen LogP contribution in [0.15, 0.2) is 28.7 Å². The summed E-state index contributed by atoms with van der Waals surface area (Å²) in [5.74, 6) is 1.41. The van der Waals surface area contributed by atoms with Gasteiger partial charge in [-0.05, 0) is 24.5 Å². The van der Waals surface area contributed by atoms with E-state index in [1.807, 2.05) is 23.1 Å². The predicted molar refractivity (Wildman–Crippen MR) is 91.5 cm³/mol. The van der Waals surface area contributed by atoms with Crippen molar-refractivity contribution in [2.75, 3.05) is 26.2 Å². The van der Waals surface area contributed by atoms with Crippen LogP contribution in [0.4, 0.5) is 4.79 Å². The Balaban J connectivity index is 1.72. The van der Waals surface area contributed by atoms with E-state index in [1.54, 1.807) is 0 Å². The van der Waals surface area contributed by atoms with E-state index in [0.717, 1.165) is 31.0 Å². The first-order chi connectivity index (χ1) is 11.1. The van der Waals surface area contributed by atoms with Crippen LogP contribution in [-0.4, -0.2) is 37.1 Å². The SMILES string of the molecule is Cc1c(C(NCCN2CCNC2=O)C(C)C)oc2ccccc12. The molecule has 3 rings (SSSR count). The number of nitrogens with one attached hydrogen (secondary N) is 2. The molecule has 0 bridgehead atoms. The fourth-order valence-corrected chi connectivity index (χ4v) is 3.20. The Bertz CT molecular complexity index is 693. The molecule has 0 aliphatic carbocycles. The van der Waals surface area contributed by atoms with Crippen molar-refractivity contribution in [3.8, 4) is 0 Å². The van der Waals surface area contributed by atoms with Crippen molar-refractivity contribution < 1.29 is 9.21 Å². The van der Waals surface area contributed by atoms with E-state index in [2.05, 4.69) is 37.5 Å². The largest absolute Gasteiger partial charge is 0.459 e. The number of carbonyl (C=O) groups is 1. The second-order valence-corrected chi connectivity index (χ2v) is 6.48. The lowest BCUT2D eigenvalue weighted by Gasteiger charge is -2.23. The molecule has 1 aliphatic rings. The molecule has 2 aromatic rings. The number of benzene rings is 1. The van der Waals surface area contributed by atoms with Gasteiger partial charge in [0.25, 0.3) is 0 Å². The van der Waals surface area contributed by atoms with Gasteiger partial charge in [-0.2, -0.15) is 0 Å². The van der Waals surface area contributed by atoms with E-state index < -0.39 is 0 Å². The monoisotopic (exact) mass is 315 g/mol. The maximum absolute atomic E-state index is 11.6. The smallest absolute Gasteiger partial charge is 0.317 e. The number of aryl methyl sites for hydroxylation is 1. The van der Waals surface area contributed by atoms with Crippen LogP contribution in [0.25, 0.3) is 11.0 Å². The topological polar surface area (TPSA) is 57.5 Å². The lowest BCUT2D eigenvalue weighted by atomic mass is 9.98. The molecule has 1 saturated heterocycles. The third-order valence-corrected chi connectivity index (χ3v) is 4.52.